The maximum Gasteiger partial charge on any atom is 0.393 e. The lowest BCUT2D eigenvalue weighted by molar-refractivity contribution is -0.127. The number of hydrogen-bond donors (Lipinski definition) is 3. The first-order valence-electron chi connectivity index (χ1n) is 7.10. The van der Waals surface area contributed by atoms with Gasteiger partial charge in [0.1, 0.15) is 0 Å². The minimum Gasteiger partial charge on any atom is -0.358 e. The molecule has 1 aromatic heterocycles. The number of benzene rings is 1. The van der Waals surface area contributed by atoms with E-state index in [0.717, 1.165) is 13.1 Å². The Labute approximate surface area is 129 Å². The smallest absolute Gasteiger partial charge is 0.358 e. The van der Waals surface area contributed by atoms with E-state index in [9.17, 15) is 18.0 Å². The second kappa shape index (κ2) is 6.07. The van der Waals surface area contributed by atoms with Crippen molar-refractivity contribution in [2.45, 2.75) is 18.6 Å². The van der Waals surface area contributed by atoms with Gasteiger partial charge in [-0.25, -0.2) is 0 Å². The van der Waals surface area contributed by atoms with Crippen molar-refractivity contribution in [2.75, 3.05) is 25.0 Å². The van der Waals surface area contributed by atoms with Gasteiger partial charge in [0.15, 0.2) is 11.4 Å². The van der Waals surface area contributed by atoms with E-state index in [-0.39, 0.29) is 29.9 Å². The second-order valence-electron chi connectivity index (χ2n) is 5.43. The highest BCUT2D eigenvalue weighted by atomic mass is 19.4. The highest BCUT2D eigenvalue weighted by Gasteiger charge is 2.28. The van der Waals surface area contributed by atoms with E-state index < -0.39 is 12.6 Å². The van der Waals surface area contributed by atoms with Crippen molar-refractivity contribution in [1.82, 2.24) is 15.8 Å². The van der Waals surface area contributed by atoms with E-state index in [1.54, 1.807) is 0 Å². The summed E-state index contributed by atoms with van der Waals surface area (Å²) in [5, 5.41) is 12.8. The van der Waals surface area contributed by atoms with Crippen molar-refractivity contribution < 1.29 is 22.5 Å². The van der Waals surface area contributed by atoms with Crippen LogP contribution in [0, 0.1) is 0 Å². The molecule has 6 nitrogen and oxygen atoms in total. The van der Waals surface area contributed by atoms with Crippen LogP contribution in [0.4, 0.5) is 19.0 Å². The van der Waals surface area contributed by atoms with Gasteiger partial charge in [0, 0.05) is 13.1 Å². The van der Waals surface area contributed by atoms with Gasteiger partial charge in [0.25, 0.3) is 0 Å². The molecular formula is C14H15F3N4O2. The minimum atomic E-state index is -4.28. The van der Waals surface area contributed by atoms with E-state index in [1.165, 1.54) is 18.2 Å². The number of nitrogens with zero attached hydrogens (tertiary/aromatic N) is 1. The lowest BCUT2D eigenvalue weighted by atomic mass is 10.1. The van der Waals surface area contributed by atoms with E-state index in [1.807, 2.05) is 0 Å². The number of fused-ring (bicyclic) bond motifs is 1. The number of halogens is 3. The molecule has 0 unspecified atom stereocenters. The van der Waals surface area contributed by atoms with Crippen molar-refractivity contribution in [3.8, 4) is 0 Å². The Balaban J connectivity index is 1.67. The molecule has 2 heterocycles. The summed E-state index contributed by atoms with van der Waals surface area (Å²) in [5.74, 6) is 0.0463. The normalized spacial score (nSPS) is 15.4. The molecule has 1 saturated heterocycles. The monoisotopic (exact) mass is 328 g/mol. The number of anilines is 1. The molecule has 0 aliphatic carbocycles. The standard InChI is InChI=1S/C14H15F3N4O2/c15-14(16,17)4-8-1-2-11-10(3-8)13(21-23-11)19-7-12(22)20-9-5-18-6-9/h1-3,9,18H,4-7H2,(H,19,21)(H,20,22). The van der Waals surface area contributed by atoms with Gasteiger partial charge >= 0.3 is 6.18 Å². The highest BCUT2D eigenvalue weighted by molar-refractivity contribution is 5.90. The average molecular weight is 328 g/mol. The van der Waals surface area contributed by atoms with Crippen LogP contribution in [-0.2, 0) is 11.2 Å². The number of aromatic nitrogens is 1. The highest BCUT2D eigenvalue weighted by Crippen LogP contribution is 2.27. The fourth-order valence-corrected chi connectivity index (χ4v) is 2.29. The molecule has 124 valence electrons. The predicted molar refractivity (Wildman–Crippen MR) is 77.1 cm³/mol. The zero-order chi connectivity index (χ0) is 16.4. The predicted octanol–water partition coefficient (Wildman–Crippen LogP) is 1.43. The molecule has 0 atom stereocenters. The van der Waals surface area contributed by atoms with E-state index >= 15 is 0 Å². The molecule has 1 fully saturated rings. The fourth-order valence-electron chi connectivity index (χ4n) is 2.29. The van der Waals surface area contributed by atoms with Crippen LogP contribution in [0.5, 0.6) is 0 Å². The summed E-state index contributed by atoms with van der Waals surface area (Å²) in [6.07, 6.45) is -5.31. The van der Waals surface area contributed by atoms with E-state index in [2.05, 4.69) is 21.1 Å². The van der Waals surface area contributed by atoms with Crippen molar-refractivity contribution >= 4 is 22.7 Å². The first kappa shape index (κ1) is 15.6. The Morgan fingerprint density at radius 1 is 1.39 bits per heavy atom. The summed E-state index contributed by atoms with van der Waals surface area (Å²) in [5.41, 5.74) is 0.475. The Hall–Kier alpha value is -2.29. The van der Waals surface area contributed by atoms with Gasteiger partial charge in [-0.15, -0.1) is 0 Å². The van der Waals surface area contributed by atoms with Crippen molar-refractivity contribution in [1.29, 1.82) is 0 Å². The Kier molecular flexibility index (Phi) is 4.12. The molecule has 0 radical (unpaired) electrons. The van der Waals surface area contributed by atoms with Crippen LogP contribution in [0.3, 0.4) is 0 Å². The number of carbonyl (C=O) groups is 1. The largest absolute Gasteiger partial charge is 0.393 e. The van der Waals surface area contributed by atoms with Gasteiger partial charge < -0.3 is 20.5 Å². The average Bonchev–Trinajstić information content (AvgIpc) is 2.81. The third-order valence-electron chi connectivity index (χ3n) is 3.50. The van der Waals surface area contributed by atoms with Crippen LogP contribution in [0.15, 0.2) is 22.7 Å². The molecule has 0 saturated carbocycles. The van der Waals surface area contributed by atoms with Crippen LogP contribution in [0.2, 0.25) is 0 Å². The van der Waals surface area contributed by atoms with Crippen molar-refractivity contribution in [3.05, 3.63) is 23.8 Å². The number of rotatable bonds is 5. The van der Waals surface area contributed by atoms with Crippen molar-refractivity contribution in [2.24, 2.45) is 0 Å². The zero-order valence-electron chi connectivity index (χ0n) is 12.0. The molecule has 1 aromatic carbocycles. The third-order valence-corrected chi connectivity index (χ3v) is 3.50. The molecule has 1 aliphatic heterocycles. The Morgan fingerprint density at radius 3 is 2.83 bits per heavy atom. The molecule has 0 bridgehead atoms. The molecule has 3 N–H and O–H groups in total. The van der Waals surface area contributed by atoms with Gasteiger partial charge in [0.05, 0.1) is 24.4 Å². The van der Waals surface area contributed by atoms with Gasteiger partial charge in [-0.05, 0) is 17.7 Å². The van der Waals surface area contributed by atoms with E-state index in [0.29, 0.717) is 11.0 Å². The summed E-state index contributed by atoms with van der Waals surface area (Å²) in [6, 6.07) is 4.28. The quantitative estimate of drug-likeness (QED) is 0.774. The maximum atomic E-state index is 12.5. The van der Waals surface area contributed by atoms with Gasteiger partial charge in [-0.1, -0.05) is 11.2 Å². The van der Waals surface area contributed by atoms with Crippen LogP contribution < -0.4 is 16.0 Å². The molecule has 1 amide bonds. The number of alkyl halides is 3. The number of nitrogens with one attached hydrogen (secondary N) is 3. The Morgan fingerprint density at radius 2 is 2.17 bits per heavy atom. The summed E-state index contributed by atoms with van der Waals surface area (Å²) >= 11 is 0. The lowest BCUT2D eigenvalue weighted by Gasteiger charge is -2.27. The first-order chi connectivity index (χ1) is 10.9. The third kappa shape index (κ3) is 3.92. The molecule has 3 rings (SSSR count). The molecular weight excluding hydrogens is 313 g/mol. The summed E-state index contributed by atoms with van der Waals surface area (Å²) < 4.78 is 42.5. The Bertz CT molecular complexity index is 710. The van der Waals surface area contributed by atoms with Crippen LogP contribution >= 0.6 is 0 Å². The number of amides is 1. The molecule has 23 heavy (non-hydrogen) atoms. The topological polar surface area (TPSA) is 79.2 Å². The van der Waals surface area contributed by atoms with Crippen LogP contribution in [0.1, 0.15) is 5.56 Å². The van der Waals surface area contributed by atoms with Crippen LogP contribution in [-0.4, -0.2) is 42.9 Å². The first-order valence-corrected chi connectivity index (χ1v) is 7.10. The number of carbonyl (C=O) groups excluding carboxylic acids is 1. The molecule has 9 heteroatoms. The van der Waals surface area contributed by atoms with Crippen LogP contribution in [0.25, 0.3) is 11.0 Å². The van der Waals surface area contributed by atoms with Crippen molar-refractivity contribution in [3.63, 3.8) is 0 Å². The maximum absolute atomic E-state index is 12.5. The summed E-state index contributed by atoms with van der Waals surface area (Å²) in [7, 11) is 0. The second-order valence-corrected chi connectivity index (χ2v) is 5.43. The summed E-state index contributed by atoms with van der Waals surface area (Å²) in [4.78, 5) is 11.7. The SMILES string of the molecule is O=C(CNc1noc2ccc(CC(F)(F)F)cc12)NC1CNC1. The lowest BCUT2D eigenvalue weighted by Crippen LogP contribution is -2.57. The molecule has 1 aliphatic rings. The fraction of sp³-hybridized carbons (Fsp3) is 0.429. The molecule has 2 aromatic rings. The zero-order valence-corrected chi connectivity index (χ0v) is 12.0. The van der Waals surface area contributed by atoms with Gasteiger partial charge in [-0.2, -0.15) is 13.2 Å². The van der Waals surface area contributed by atoms with Gasteiger partial charge in [0.2, 0.25) is 5.91 Å². The summed E-state index contributed by atoms with van der Waals surface area (Å²) in [6.45, 7) is 1.44. The molecule has 0 spiro atoms. The van der Waals surface area contributed by atoms with Gasteiger partial charge in [-0.3, -0.25) is 4.79 Å². The van der Waals surface area contributed by atoms with E-state index in [4.69, 9.17) is 4.52 Å². The number of hydrogen-bond acceptors (Lipinski definition) is 5. The minimum absolute atomic E-state index is 0.0262.